The number of nitrogens with zero attached hydrogens (tertiary/aromatic N) is 5. The van der Waals surface area contributed by atoms with Crippen LogP contribution in [-0.4, -0.2) is 40.9 Å². The van der Waals surface area contributed by atoms with Crippen LogP contribution in [0.5, 0.6) is 11.9 Å². The molecule has 0 aliphatic heterocycles. The SMILES string of the molecule is CC/C=C\N(CC)c1cc(-c2cnc(OC)nc2OC)nnc1C. The van der Waals surface area contributed by atoms with Crippen molar-refractivity contribution in [3.8, 4) is 23.1 Å². The van der Waals surface area contributed by atoms with E-state index in [-0.39, 0.29) is 6.01 Å². The van der Waals surface area contributed by atoms with Gasteiger partial charge < -0.3 is 14.4 Å². The molecule has 0 N–H and O–H groups in total. The van der Waals surface area contributed by atoms with E-state index in [1.165, 1.54) is 7.11 Å². The molecular formula is C17H23N5O2. The van der Waals surface area contributed by atoms with Gasteiger partial charge in [-0.2, -0.15) is 10.1 Å². The molecule has 128 valence electrons. The second-order valence-corrected chi connectivity index (χ2v) is 5.06. The van der Waals surface area contributed by atoms with E-state index in [9.17, 15) is 0 Å². The molecule has 0 radical (unpaired) electrons. The molecule has 0 aliphatic carbocycles. The first-order valence-electron chi connectivity index (χ1n) is 7.87. The smallest absolute Gasteiger partial charge is 0.319 e. The molecule has 2 rings (SSSR count). The van der Waals surface area contributed by atoms with E-state index in [0.29, 0.717) is 17.1 Å². The quantitative estimate of drug-likeness (QED) is 0.773. The molecule has 0 saturated carbocycles. The van der Waals surface area contributed by atoms with Crippen LogP contribution in [0.3, 0.4) is 0 Å². The zero-order chi connectivity index (χ0) is 17.5. The van der Waals surface area contributed by atoms with Crippen molar-refractivity contribution < 1.29 is 9.47 Å². The van der Waals surface area contributed by atoms with Gasteiger partial charge in [0, 0.05) is 18.9 Å². The van der Waals surface area contributed by atoms with Crippen molar-refractivity contribution in [2.45, 2.75) is 27.2 Å². The molecule has 2 aromatic heterocycles. The molecule has 0 fully saturated rings. The highest BCUT2D eigenvalue weighted by Crippen LogP contribution is 2.30. The Labute approximate surface area is 142 Å². The van der Waals surface area contributed by atoms with E-state index < -0.39 is 0 Å². The van der Waals surface area contributed by atoms with Crippen LogP contribution in [0.1, 0.15) is 26.0 Å². The number of allylic oxidation sites excluding steroid dienone is 1. The Kier molecular flexibility index (Phi) is 6.06. The molecule has 0 spiro atoms. The summed E-state index contributed by atoms with van der Waals surface area (Å²) in [5.74, 6) is 0.401. The standard InChI is InChI=1S/C17H23N5O2/c1-6-8-9-22(7-2)15-10-14(21-20-12(15)3)13-11-18-17(24-5)19-16(13)23-4/h8-11H,6-7H2,1-5H3/b9-8-. The second-order valence-electron chi connectivity index (χ2n) is 5.06. The van der Waals surface area contributed by atoms with E-state index in [0.717, 1.165) is 24.3 Å². The Morgan fingerprint density at radius 1 is 1.17 bits per heavy atom. The topological polar surface area (TPSA) is 73.3 Å². The van der Waals surface area contributed by atoms with E-state index in [4.69, 9.17) is 9.47 Å². The number of ether oxygens (including phenoxy) is 2. The Balaban J connectivity index is 2.49. The summed E-state index contributed by atoms with van der Waals surface area (Å²) < 4.78 is 10.4. The molecule has 7 heteroatoms. The summed E-state index contributed by atoms with van der Waals surface area (Å²) in [5.41, 5.74) is 3.17. The van der Waals surface area contributed by atoms with Crippen molar-refractivity contribution in [1.82, 2.24) is 20.2 Å². The second kappa shape index (κ2) is 8.24. The Bertz CT molecular complexity index is 718. The highest BCUT2D eigenvalue weighted by Gasteiger charge is 2.15. The van der Waals surface area contributed by atoms with Crippen molar-refractivity contribution in [1.29, 1.82) is 0 Å². The van der Waals surface area contributed by atoms with Crippen molar-refractivity contribution >= 4 is 5.69 Å². The van der Waals surface area contributed by atoms with Crippen LogP contribution in [0.2, 0.25) is 0 Å². The molecule has 0 aliphatic rings. The summed E-state index contributed by atoms with van der Waals surface area (Å²) in [6, 6.07) is 2.22. The minimum Gasteiger partial charge on any atom is -0.480 e. The first-order valence-corrected chi connectivity index (χ1v) is 7.87. The first-order chi connectivity index (χ1) is 11.6. The maximum atomic E-state index is 5.34. The third-order valence-electron chi connectivity index (χ3n) is 3.51. The summed E-state index contributed by atoms with van der Waals surface area (Å²) in [6.07, 6.45) is 6.78. The van der Waals surface area contributed by atoms with Crippen molar-refractivity contribution in [2.75, 3.05) is 25.7 Å². The first kappa shape index (κ1) is 17.7. The molecule has 0 bridgehead atoms. The fourth-order valence-electron chi connectivity index (χ4n) is 2.23. The van der Waals surface area contributed by atoms with Crippen LogP contribution in [0.25, 0.3) is 11.3 Å². The number of methoxy groups -OCH3 is 2. The number of hydrogen-bond acceptors (Lipinski definition) is 7. The monoisotopic (exact) mass is 329 g/mol. The summed E-state index contributed by atoms with van der Waals surface area (Å²) in [5, 5.41) is 8.55. The predicted molar refractivity (Wildman–Crippen MR) is 93.4 cm³/mol. The molecule has 7 nitrogen and oxygen atoms in total. The minimum atomic E-state index is 0.247. The molecule has 2 heterocycles. The lowest BCUT2D eigenvalue weighted by Crippen LogP contribution is -2.17. The lowest BCUT2D eigenvalue weighted by atomic mass is 10.2. The molecule has 0 saturated heterocycles. The maximum absolute atomic E-state index is 5.34. The average molecular weight is 329 g/mol. The predicted octanol–water partition coefficient (Wildman–Crippen LogP) is 3.01. The van der Waals surface area contributed by atoms with Crippen LogP contribution in [-0.2, 0) is 0 Å². The number of hydrogen-bond donors (Lipinski definition) is 0. The summed E-state index contributed by atoms with van der Waals surface area (Å²) in [7, 11) is 3.06. The van der Waals surface area contributed by atoms with Gasteiger partial charge in [0.15, 0.2) is 0 Å². The average Bonchev–Trinajstić information content (AvgIpc) is 2.63. The Morgan fingerprint density at radius 2 is 1.96 bits per heavy atom. The van der Waals surface area contributed by atoms with Gasteiger partial charge in [0.25, 0.3) is 0 Å². The highest BCUT2D eigenvalue weighted by atomic mass is 16.5. The molecule has 0 aromatic carbocycles. The van der Waals surface area contributed by atoms with Crippen LogP contribution >= 0.6 is 0 Å². The van der Waals surface area contributed by atoms with Gasteiger partial charge in [-0.15, -0.1) is 5.10 Å². The largest absolute Gasteiger partial charge is 0.480 e. The van der Waals surface area contributed by atoms with Gasteiger partial charge in [0.2, 0.25) is 5.88 Å². The van der Waals surface area contributed by atoms with E-state index in [1.807, 2.05) is 13.0 Å². The third kappa shape index (κ3) is 3.79. The normalized spacial score (nSPS) is 10.9. The van der Waals surface area contributed by atoms with Crippen molar-refractivity contribution in [3.63, 3.8) is 0 Å². The molecular weight excluding hydrogens is 306 g/mol. The number of aryl methyl sites for hydroxylation is 1. The van der Waals surface area contributed by atoms with E-state index in [2.05, 4.69) is 51.2 Å². The highest BCUT2D eigenvalue weighted by molar-refractivity contribution is 5.69. The van der Waals surface area contributed by atoms with Gasteiger partial charge in [0.05, 0.1) is 31.2 Å². The van der Waals surface area contributed by atoms with E-state index in [1.54, 1.807) is 13.3 Å². The molecule has 0 atom stereocenters. The fraction of sp³-hybridized carbons (Fsp3) is 0.412. The van der Waals surface area contributed by atoms with Gasteiger partial charge in [0.1, 0.15) is 5.69 Å². The van der Waals surface area contributed by atoms with Crippen LogP contribution in [0, 0.1) is 6.92 Å². The maximum Gasteiger partial charge on any atom is 0.319 e. The zero-order valence-electron chi connectivity index (χ0n) is 14.8. The van der Waals surface area contributed by atoms with Crippen molar-refractivity contribution in [2.24, 2.45) is 0 Å². The van der Waals surface area contributed by atoms with E-state index >= 15 is 0 Å². The van der Waals surface area contributed by atoms with Crippen LogP contribution in [0.15, 0.2) is 24.5 Å². The van der Waals surface area contributed by atoms with Gasteiger partial charge in [-0.05, 0) is 26.3 Å². The number of anilines is 1. The lowest BCUT2D eigenvalue weighted by Gasteiger charge is -2.20. The molecule has 24 heavy (non-hydrogen) atoms. The molecule has 0 unspecified atom stereocenters. The molecule has 0 amide bonds. The Hall–Kier alpha value is -2.70. The van der Waals surface area contributed by atoms with Crippen LogP contribution in [0.4, 0.5) is 5.69 Å². The number of aromatic nitrogens is 4. The van der Waals surface area contributed by atoms with Gasteiger partial charge in [-0.25, -0.2) is 4.98 Å². The van der Waals surface area contributed by atoms with Gasteiger partial charge in [-0.3, -0.25) is 0 Å². The minimum absolute atomic E-state index is 0.247. The fourth-order valence-corrected chi connectivity index (χ4v) is 2.23. The van der Waals surface area contributed by atoms with Gasteiger partial charge in [-0.1, -0.05) is 13.0 Å². The van der Waals surface area contributed by atoms with Crippen molar-refractivity contribution in [3.05, 3.63) is 30.2 Å². The molecule has 2 aromatic rings. The zero-order valence-corrected chi connectivity index (χ0v) is 14.8. The van der Waals surface area contributed by atoms with Crippen LogP contribution < -0.4 is 14.4 Å². The summed E-state index contributed by atoms with van der Waals surface area (Å²) >= 11 is 0. The summed E-state index contributed by atoms with van der Waals surface area (Å²) in [6.45, 7) is 6.97. The Morgan fingerprint density at radius 3 is 2.58 bits per heavy atom. The number of rotatable bonds is 7. The summed E-state index contributed by atoms with van der Waals surface area (Å²) in [4.78, 5) is 10.5. The van der Waals surface area contributed by atoms with Gasteiger partial charge >= 0.3 is 6.01 Å². The lowest BCUT2D eigenvalue weighted by molar-refractivity contribution is 0.353. The third-order valence-corrected chi connectivity index (χ3v) is 3.51.